The van der Waals surface area contributed by atoms with Crippen LogP contribution in [0.2, 0.25) is 0 Å². The normalized spacial score (nSPS) is 11.6. The Hall–Kier alpha value is -3.61. The van der Waals surface area contributed by atoms with Crippen molar-refractivity contribution in [2.24, 2.45) is 0 Å². The summed E-state index contributed by atoms with van der Waals surface area (Å²) in [5.41, 5.74) is 0.697. The second-order valence-electron chi connectivity index (χ2n) is 6.05. The third kappa shape index (κ3) is 4.97. The SMILES string of the molecule is COC(=O)C[C@@H](NC(=O)COc1ccc2ccc(=O)oc2c1)c1ccccc1. The second kappa shape index (κ2) is 8.85. The number of carbonyl (C=O) groups is 2. The molecular weight excluding hydrogens is 362 g/mol. The Morgan fingerprint density at radius 1 is 1.07 bits per heavy atom. The Morgan fingerprint density at radius 3 is 2.57 bits per heavy atom. The minimum Gasteiger partial charge on any atom is -0.484 e. The molecule has 28 heavy (non-hydrogen) atoms. The number of carbonyl (C=O) groups excluding carboxylic acids is 2. The van der Waals surface area contributed by atoms with Crippen LogP contribution in [-0.4, -0.2) is 25.6 Å². The standard InChI is InChI=1S/C21H19NO6/c1-26-21(25)12-17(14-5-3-2-4-6-14)22-19(23)13-27-16-9-7-15-8-10-20(24)28-18(15)11-16/h2-11,17H,12-13H2,1H3,(H,22,23)/t17-/m1/s1. The Kier molecular flexibility index (Phi) is 6.06. The number of fused-ring (bicyclic) bond motifs is 1. The zero-order valence-corrected chi connectivity index (χ0v) is 15.2. The van der Waals surface area contributed by atoms with Crippen LogP contribution in [0.15, 0.2) is 69.9 Å². The van der Waals surface area contributed by atoms with Crippen molar-refractivity contribution in [2.45, 2.75) is 12.5 Å². The van der Waals surface area contributed by atoms with E-state index in [1.807, 2.05) is 30.3 Å². The molecule has 0 fully saturated rings. The molecule has 1 N–H and O–H groups in total. The largest absolute Gasteiger partial charge is 0.484 e. The first-order valence-electron chi connectivity index (χ1n) is 8.63. The molecule has 0 spiro atoms. The summed E-state index contributed by atoms with van der Waals surface area (Å²) in [5.74, 6) is -0.437. The molecule has 3 rings (SSSR count). The van der Waals surface area contributed by atoms with Crippen molar-refractivity contribution < 1.29 is 23.5 Å². The van der Waals surface area contributed by atoms with Gasteiger partial charge in [-0.25, -0.2) is 4.79 Å². The Balaban J connectivity index is 1.65. The lowest BCUT2D eigenvalue weighted by Gasteiger charge is -2.18. The fourth-order valence-corrected chi connectivity index (χ4v) is 2.70. The van der Waals surface area contributed by atoms with Crippen molar-refractivity contribution >= 4 is 22.8 Å². The van der Waals surface area contributed by atoms with E-state index in [-0.39, 0.29) is 13.0 Å². The molecule has 0 unspecified atom stereocenters. The maximum atomic E-state index is 12.3. The molecule has 1 atom stereocenters. The molecule has 7 nitrogen and oxygen atoms in total. The van der Waals surface area contributed by atoms with E-state index < -0.39 is 23.5 Å². The van der Waals surface area contributed by atoms with Crippen molar-refractivity contribution in [1.29, 1.82) is 0 Å². The molecule has 0 radical (unpaired) electrons. The fourth-order valence-electron chi connectivity index (χ4n) is 2.70. The van der Waals surface area contributed by atoms with Crippen LogP contribution in [0.25, 0.3) is 11.0 Å². The molecule has 0 saturated heterocycles. The number of ether oxygens (including phenoxy) is 2. The van der Waals surface area contributed by atoms with E-state index in [0.717, 1.165) is 10.9 Å². The predicted molar refractivity (Wildman–Crippen MR) is 102 cm³/mol. The van der Waals surface area contributed by atoms with Gasteiger partial charge in [-0.15, -0.1) is 0 Å². The topological polar surface area (TPSA) is 94.8 Å². The van der Waals surface area contributed by atoms with Gasteiger partial charge in [0.15, 0.2) is 6.61 Å². The van der Waals surface area contributed by atoms with Crippen LogP contribution in [0, 0.1) is 0 Å². The Labute approximate surface area is 160 Å². The summed E-state index contributed by atoms with van der Waals surface area (Å²) >= 11 is 0. The van der Waals surface area contributed by atoms with Crippen LogP contribution < -0.4 is 15.7 Å². The quantitative estimate of drug-likeness (QED) is 0.499. The lowest BCUT2D eigenvalue weighted by Crippen LogP contribution is -2.34. The van der Waals surface area contributed by atoms with Crippen LogP contribution in [0.4, 0.5) is 0 Å². The van der Waals surface area contributed by atoms with Crippen molar-refractivity contribution in [3.8, 4) is 5.75 Å². The van der Waals surface area contributed by atoms with E-state index in [9.17, 15) is 14.4 Å². The van der Waals surface area contributed by atoms with E-state index in [1.54, 1.807) is 24.3 Å². The molecule has 0 aliphatic heterocycles. The van der Waals surface area contributed by atoms with Crippen LogP contribution in [0.3, 0.4) is 0 Å². The predicted octanol–water partition coefficient (Wildman–Crippen LogP) is 2.59. The van der Waals surface area contributed by atoms with Gasteiger partial charge in [-0.3, -0.25) is 9.59 Å². The highest BCUT2D eigenvalue weighted by molar-refractivity contribution is 5.80. The number of hydrogen-bond donors (Lipinski definition) is 1. The average molecular weight is 381 g/mol. The smallest absolute Gasteiger partial charge is 0.336 e. The number of hydrogen-bond acceptors (Lipinski definition) is 6. The first-order chi connectivity index (χ1) is 13.5. The number of nitrogens with one attached hydrogen (secondary N) is 1. The van der Waals surface area contributed by atoms with E-state index in [2.05, 4.69) is 5.32 Å². The molecule has 3 aromatic rings. The number of methoxy groups -OCH3 is 1. The molecule has 0 bridgehead atoms. The van der Waals surface area contributed by atoms with Gasteiger partial charge in [0.2, 0.25) is 0 Å². The minimum absolute atomic E-state index is 0.00733. The number of benzene rings is 2. The molecule has 144 valence electrons. The first-order valence-corrected chi connectivity index (χ1v) is 8.63. The van der Waals surface area contributed by atoms with Gasteiger partial charge in [0, 0.05) is 17.5 Å². The Bertz CT molecular complexity index is 1030. The van der Waals surface area contributed by atoms with Gasteiger partial charge in [-0.05, 0) is 23.8 Å². The zero-order chi connectivity index (χ0) is 19.9. The maximum absolute atomic E-state index is 12.3. The molecule has 0 aliphatic rings. The van der Waals surface area contributed by atoms with E-state index in [0.29, 0.717) is 11.3 Å². The highest BCUT2D eigenvalue weighted by Crippen LogP contribution is 2.20. The minimum atomic E-state index is -0.528. The van der Waals surface area contributed by atoms with Gasteiger partial charge >= 0.3 is 11.6 Å². The van der Waals surface area contributed by atoms with E-state index >= 15 is 0 Å². The fraction of sp³-hybridized carbons (Fsp3) is 0.190. The van der Waals surface area contributed by atoms with Crippen LogP contribution >= 0.6 is 0 Å². The summed E-state index contributed by atoms with van der Waals surface area (Å²) in [6, 6.07) is 16.6. The van der Waals surface area contributed by atoms with Crippen LogP contribution in [0.1, 0.15) is 18.0 Å². The van der Waals surface area contributed by atoms with Crippen molar-refractivity contribution in [3.05, 3.63) is 76.6 Å². The second-order valence-corrected chi connectivity index (χ2v) is 6.05. The molecule has 7 heteroatoms. The Morgan fingerprint density at radius 2 is 1.82 bits per heavy atom. The third-order valence-corrected chi connectivity index (χ3v) is 4.10. The van der Waals surface area contributed by atoms with Gasteiger partial charge in [-0.1, -0.05) is 30.3 Å². The van der Waals surface area contributed by atoms with Crippen LogP contribution in [-0.2, 0) is 14.3 Å². The molecule has 0 aliphatic carbocycles. The molecular formula is C21H19NO6. The molecule has 0 saturated carbocycles. The first kappa shape index (κ1) is 19.2. The summed E-state index contributed by atoms with van der Waals surface area (Å²) in [7, 11) is 1.30. The number of esters is 1. The van der Waals surface area contributed by atoms with E-state index in [4.69, 9.17) is 13.9 Å². The lowest BCUT2D eigenvalue weighted by atomic mass is 10.0. The molecule has 1 heterocycles. The van der Waals surface area contributed by atoms with Gasteiger partial charge in [0.05, 0.1) is 19.6 Å². The highest BCUT2D eigenvalue weighted by Gasteiger charge is 2.19. The van der Waals surface area contributed by atoms with Gasteiger partial charge in [0.25, 0.3) is 5.91 Å². The summed E-state index contributed by atoms with van der Waals surface area (Å²) in [6.45, 7) is -0.257. The zero-order valence-electron chi connectivity index (χ0n) is 15.2. The van der Waals surface area contributed by atoms with Crippen molar-refractivity contribution in [2.75, 3.05) is 13.7 Å². The van der Waals surface area contributed by atoms with Crippen molar-refractivity contribution in [1.82, 2.24) is 5.32 Å². The van der Waals surface area contributed by atoms with E-state index in [1.165, 1.54) is 13.2 Å². The summed E-state index contributed by atoms with van der Waals surface area (Å²) in [5, 5.41) is 3.53. The van der Waals surface area contributed by atoms with Crippen molar-refractivity contribution in [3.63, 3.8) is 0 Å². The van der Waals surface area contributed by atoms with Crippen LogP contribution in [0.5, 0.6) is 5.75 Å². The molecule has 1 aromatic heterocycles. The molecule has 1 amide bonds. The van der Waals surface area contributed by atoms with Gasteiger partial charge in [-0.2, -0.15) is 0 Å². The third-order valence-electron chi connectivity index (χ3n) is 4.10. The van der Waals surface area contributed by atoms with Gasteiger partial charge in [0.1, 0.15) is 11.3 Å². The monoisotopic (exact) mass is 381 g/mol. The maximum Gasteiger partial charge on any atom is 0.336 e. The number of amides is 1. The summed E-state index contributed by atoms with van der Waals surface area (Å²) in [4.78, 5) is 35.3. The highest BCUT2D eigenvalue weighted by atomic mass is 16.5. The number of rotatable bonds is 7. The van der Waals surface area contributed by atoms with Gasteiger partial charge < -0.3 is 19.2 Å². The molecule has 2 aromatic carbocycles. The lowest BCUT2D eigenvalue weighted by molar-refractivity contribution is -0.141. The average Bonchev–Trinajstić information content (AvgIpc) is 2.72. The summed E-state index contributed by atoms with van der Waals surface area (Å²) < 4.78 is 15.3. The summed E-state index contributed by atoms with van der Waals surface area (Å²) in [6.07, 6.45) is 0.00733.